The molecule has 4 saturated heterocycles. The Morgan fingerprint density at radius 1 is 1.18 bits per heavy atom. The largest absolute Gasteiger partial charge is 0.444 e. The van der Waals surface area contributed by atoms with Gasteiger partial charge in [-0.25, -0.2) is 23.1 Å². The molecule has 4 aliphatic rings. The fourth-order valence-electron chi connectivity index (χ4n) is 6.75. The number of nitrogens with zero attached hydrogens (tertiary/aromatic N) is 5. The van der Waals surface area contributed by atoms with E-state index in [0.717, 1.165) is 5.69 Å². The van der Waals surface area contributed by atoms with Crippen LogP contribution in [0.2, 0.25) is 0 Å². The van der Waals surface area contributed by atoms with Crippen LogP contribution < -0.4 is 5.73 Å². The minimum Gasteiger partial charge on any atom is -0.444 e. The maximum atomic E-state index is 15.0. The summed E-state index contributed by atoms with van der Waals surface area (Å²) < 4.78 is 56.3. The van der Waals surface area contributed by atoms with Gasteiger partial charge in [-0.3, -0.25) is 4.90 Å². The van der Waals surface area contributed by atoms with Gasteiger partial charge in [-0.15, -0.1) is 0 Å². The van der Waals surface area contributed by atoms with E-state index < -0.39 is 53.4 Å². The fourth-order valence-corrected chi connectivity index (χ4v) is 6.75. The first-order valence-corrected chi connectivity index (χ1v) is 13.9. The topological polar surface area (TPSA) is 117 Å². The number of anilines is 1. The highest BCUT2D eigenvalue weighted by atomic mass is 19.3. The predicted molar refractivity (Wildman–Crippen MR) is 140 cm³/mol. The molecule has 4 aliphatic heterocycles. The van der Waals surface area contributed by atoms with E-state index in [2.05, 4.69) is 10.1 Å². The molecule has 2 N–H and O–H groups in total. The molecule has 0 aliphatic carbocycles. The Bertz CT molecular complexity index is 1290. The average molecular weight is 565 g/mol. The van der Waals surface area contributed by atoms with Crippen molar-refractivity contribution in [3.8, 4) is 0 Å². The number of amides is 1. The first-order valence-electron chi connectivity index (χ1n) is 13.9. The number of likely N-dealkylation sites (tertiary alicyclic amines) is 2. The number of fused-ring (bicyclic) bond motifs is 2. The Morgan fingerprint density at radius 3 is 2.58 bits per heavy atom. The minimum atomic E-state index is -2.84. The van der Waals surface area contributed by atoms with E-state index in [1.54, 1.807) is 9.42 Å². The quantitative estimate of drug-likeness (QED) is 0.599. The highest BCUT2D eigenvalue weighted by Gasteiger charge is 2.60. The van der Waals surface area contributed by atoms with E-state index >= 15 is 8.78 Å². The van der Waals surface area contributed by atoms with Gasteiger partial charge in [0.15, 0.2) is 11.6 Å². The molecule has 4 atom stereocenters. The van der Waals surface area contributed by atoms with E-state index in [0.29, 0.717) is 37.3 Å². The zero-order valence-corrected chi connectivity index (χ0v) is 23.6. The molecule has 0 saturated carbocycles. The Labute approximate surface area is 231 Å². The standard InChI is InChI=1S/C27H38F2N6O5/c1-24(2,3)40-23(36)33-10-8-26(9-11-33)13-27(28,29)14-34(26)12-18-20-21(39-25(4,5)38-20)19(37-18)16-6-7-17-22(30)31-15-32-35(16)17/h6-7,15,18-21H,8-14H2,1-5H3,(H2,30,31,32)/t18-,19+,20-,21+/m1/s1. The van der Waals surface area contributed by atoms with Crippen LogP contribution in [-0.2, 0) is 18.9 Å². The van der Waals surface area contributed by atoms with Crippen LogP contribution in [0.15, 0.2) is 18.5 Å². The van der Waals surface area contributed by atoms with Crippen molar-refractivity contribution in [3.63, 3.8) is 0 Å². The Balaban J connectivity index is 1.23. The number of rotatable bonds is 3. The second kappa shape index (κ2) is 9.20. The number of carbonyl (C=O) groups excluding carboxylic acids is 1. The molecule has 13 heteroatoms. The van der Waals surface area contributed by atoms with E-state index in [-0.39, 0.29) is 19.5 Å². The van der Waals surface area contributed by atoms with Crippen LogP contribution in [0, 0.1) is 0 Å². The van der Waals surface area contributed by atoms with E-state index in [1.807, 2.05) is 51.7 Å². The summed E-state index contributed by atoms with van der Waals surface area (Å²) in [7, 11) is 0. The number of aromatic nitrogens is 3. The summed E-state index contributed by atoms with van der Waals surface area (Å²) in [5, 5.41) is 4.35. The number of piperidine rings is 1. The van der Waals surface area contributed by atoms with Crippen molar-refractivity contribution in [3.05, 3.63) is 24.2 Å². The molecule has 6 heterocycles. The molecule has 2 aromatic rings. The first kappa shape index (κ1) is 27.6. The molecular weight excluding hydrogens is 526 g/mol. The summed E-state index contributed by atoms with van der Waals surface area (Å²) in [6, 6.07) is 3.70. The number of hydrogen-bond donors (Lipinski definition) is 1. The lowest BCUT2D eigenvalue weighted by Crippen LogP contribution is -2.56. The molecule has 1 spiro atoms. The minimum absolute atomic E-state index is 0.250. The Hall–Kier alpha value is -2.61. The molecule has 0 unspecified atom stereocenters. The highest BCUT2D eigenvalue weighted by molar-refractivity contribution is 5.68. The van der Waals surface area contributed by atoms with Crippen LogP contribution in [0.5, 0.6) is 0 Å². The molecule has 0 radical (unpaired) electrons. The number of hydrogen-bond acceptors (Lipinski definition) is 9. The number of halogens is 2. The summed E-state index contributed by atoms with van der Waals surface area (Å²) in [6.07, 6.45) is -0.410. The van der Waals surface area contributed by atoms with Crippen molar-refractivity contribution in [1.82, 2.24) is 24.4 Å². The predicted octanol–water partition coefficient (Wildman–Crippen LogP) is 3.38. The van der Waals surface area contributed by atoms with Gasteiger partial charge in [0.05, 0.1) is 12.2 Å². The second-order valence-corrected chi connectivity index (χ2v) is 13.0. The van der Waals surface area contributed by atoms with Crippen LogP contribution >= 0.6 is 0 Å². The van der Waals surface area contributed by atoms with Crippen LogP contribution in [-0.4, -0.2) is 97.8 Å². The summed E-state index contributed by atoms with van der Waals surface area (Å²) in [5.74, 6) is -3.36. The molecule has 0 bridgehead atoms. The third-order valence-corrected chi connectivity index (χ3v) is 8.38. The van der Waals surface area contributed by atoms with Gasteiger partial charge in [0.1, 0.15) is 41.9 Å². The number of carbonyl (C=O) groups is 1. The molecule has 11 nitrogen and oxygen atoms in total. The van der Waals surface area contributed by atoms with E-state index in [4.69, 9.17) is 24.7 Å². The van der Waals surface area contributed by atoms with Gasteiger partial charge in [-0.1, -0.05) is 0 Å². The Kier molecular flexibility index (Phi) is 6.34. The van der Waals surface area contributed by atoms with Crippen molar-refractivity contribution >= 4 is 17.4 Å². The third-order valence-electron chi connectivity index (χ3n) is 8.38. The lowest BCUT2D eigenvalue weighted by molar-refractivity contribution is -0.191. The van der Waals surface area contributed by atoms with Gasteiger partial charge in [0.25, 0.3) is 5.92 Å². The molecular formula is C27H38F2N6O5. The maximum Gasteiger partial charge on any atom is 0.410 e. The van der Waals surface area contributed by atoms with Gasteiger partial charge >= 0.3 is 6.09 Å². The lowest BCUT2D eigenvalue weighted by Gasteiger charge is -2.45. The van der Waals surface area contributed by atoms with Crippen molar-refractivity contribution in [1.29, 1.82) is 0 Å². The molecule has 1 amide bonds. The summed E-state index contributed by atoms with van der Waals surface area (Å²) in [5.41, 5.74) is 6.05. The van der Waals surface area contributed by atoms with Gasteiger partial charge in [-0.05, 0) is 59.6 Å². The van der Waals surface area contributed by atoms with Crippen molar-refractivity contribution in [2.24, 2.45) is 0 Å². The van der Waals surface area contributed by atoms with Gasteiger partial charge in [-0.2, -0.15) is 5.10 Å². The van der Waals surface area contributed by atoms with Crippen LogP contribution in [0.4, 0.5) is 19.4 Å². The average Bonchev–Trinajstić information content (AvgIpc) is 3.54. The number of nitrogen functional groups attached to an aromatic ring is 1. The second-order valence-electron chi connectivity index (χ2n) is 13.0. The first-order chi connectivity index (χ1) is 18.7. The SMILES string of the molecule is CC(C)(C)OC(=O)N1CCC2(CC1)CC(F)(F)CN2C[C@H]1O[C@@H](c2ccc3c(N)ncnn23)[C@@H]2OC(C)(C)O[C@@H]21. The van der Waals surface area contributed by atoms with Gasteiger partial charge in [0, 0.05) is 31.6 Å². The third kappa shape index (κ3) is 4.90. The smallest absolute Gasteiger partial charge is 0.410 e. The zero-order chi connectivity index (χ0) is 28.7. The van der Waals surface area contributed by atoms with E-state index in [9.17, 15) is 4.79 Å². The van der Waals surface area contributed by atoms with Crippen molar-refractivity contribution in [2.75, 3.05) is 31.9 Å². The summed E-state index contributed by atoms with van der Waals surface area (Å²) in [6.45, 7) is 9.70. The van der Waals surface area contributed by atoms with Crippen molar-refractivity contribution < 1.29 is 32.5 Å². The number of ether oxygens (including phenoxy) is 4. The number of alkyl halides is 2. The van der Waals surface area contributed by atoms with Crippen molar-refractivity contribution in [2.45, 2.75) is 101 Å². The highest BCUT2D eigenvalue weighted by Crippen LogP contribution is 2.49. The van der Waals surface area contributed by atoms with Gasteiger partial charge in [0.2, 0.25) is 0 Å². The zero-order valence-electron chi connectivity index (χ0n) is 23.6. The van der Waals surface area contributed by atoms with Crippen LogP contribution in [0.1, 0.15) is 65.7 Å². The molecule has 220 valence electrons. The van der Waals surface area contributed by atoms with Crippen LogP contribution in [0.3, 0.4) is 0 Å². The summed E-state index contributed by atoms with van der Waals surface area (Å²) in [4.78, 5) is 20.2. The molecule has 40 heavy (non-hydrogen) atoms. The van der Waals surface area contributed by atoms with Gasteiger partial charge < -0.3 is 29.6 Å². The number of nitrogens with two attached hydrogens (primary N) is 1. The molecule has 6 rings (SSSR count). The maximum absolute atomic E-state index is 15.0. The van der Waals surface area contributed by atoms with E-state index in [1.165, 1.54) is 6.33 Å². The molecule has 4 fully saturated rings. The normalized spacial score (nSPS) is 31.2. The lowest BCUT2D eigenvalue weighted by atomic mass is 9.84. The fraction of sp³-hybridized carbons (Fsp3) is 0.741. The molecule has 0 aromatic carbocycles. The monoisotopic (exact) mass is 564 g/mol. The molecule has 2 aromatic heterocycles. The summed E-state index contributed by atoms with van der Waals surface area (Å²) >= 11 is 0. The Morgan fingerprint density at radius 2 is 1.88 bits per heavy atom. The van der Waals surface area contributed by atoms with Crippen LogP contribution in [0.25, 0.3) is 5.52 Å².